The van der Waals surface area contributed by atoms with Gasteiger partial charge in [0.15, 0.2) is 5.82 Å². The van der Waals surface area contributed by atoms with Crippen molar-refractivity contribution in [3.63, 3.8) is 0 Å². The van der Waals surface area contributed by atoms with Crippen LogP contribution >= 0.6 is 0 Å². The second kappa shape index (κ2) is 4.69. The quantitative estimate of drug-likeness (QED) is 0.821. The molecule has 0 saturated carbocycles. The van der Waals surface area contributed by atoms with Gasteiger partial charge < -0.3 is 10.6 Å². The molecule has 2 heterocycles. The van der Waals surface area contributed by atoms with Gasteiger partial charge in [0.1, 0.15) is 0 Å². The lowest BCUT2D eigenvalue weighted by atomic mass is 9.97. The largest absolute Gasteiger partial charge is 0.369 e. The highest BCUT2D eigenvalue weighted by atomic mass is 16.1. The predicted molar refractivity (Wildman–Crippen MR) is 65.6 cm³/mol. The van der Waals surface area contributed by atoms with E-state index < -0.39 is 0 Å². The summed E-state index contributed by atoms with van der Waals surface area (Å²) in [6.45, 7) is 5.63. The Balaban J connectivity index is 2.22. The van der Waals surface area contributed by atoms with Crippen LogP contribution in [0.3, 0.4) is 0 Å². The van der Waals surface area contributed by atoms with Crippen molar-refractivity contribution < 1.29 is 4.79 Å². The van der Waals surface area contributed by atoms with E-state index in [0.29, 0.717) is 6.54 Å². The number of aromatic nitrogens is 2. The van der Waals surface area contributed by atoms with Crippen molar-refractivity contribution in [1.29, 1.82) is 0 Å². The second-order valence-electron chi connectivity index (χ2n) is 4.66. The highest BCUT2D eigenvalue weighted by Gasteiger charge is 2.25. The fourth-order valence-electron chi connectivity index (χ4n) is 2.22. The molecule has 1 aromatic heterocycles. The molecule has 2 rings (SSSR count). The molecule has 0 aliphatic carbocycles. The van der Waals surface area contributed by atoms with Crippen molar-refractivity contribution in [2.45, 2.75) is 26.7 Å². The van der Waals surface area contributed by atoms with Gasteiger partial charge in [-0.3, -0.25) is 4.79 Å². The summed E-state index contributed by atoms with van der Waals surface area (Å²) in [6, 6.07) is 0. The summed E-state index contributed by atoms with van der Waals surface area (Å²) < 4.78 is 0. The lowest BCUT2D eigenvalue weighted by Gasteiger charge is -2.32. The Morgan fingerprint density at radius 1 is 1.53 bits per heavy atom. The number of carbonyl (C=O) groups excluding carboxylic acids is 1. The summed E-state index contributed by atoms with van der Waals surface area (Å²) in [5.74, 6) is 0.606. The van der Waals surface area contributed by atoms with Crippen LogP contribution in [0.4, 0.5) is 5.82 Å². The van der Waals surface area contributed by atoms with Crippen molar-refractivity contribution >= 4 is 11.7 Å². The van der Waals surface area contributed by atoms with Crippen molar-refractivity contribution in [1.82, 2.24) is 10.2 Å². The van der Waals surface area contributed by atoms with Crippen molar-refractivity contribution in [2.75, 3.05) is 18.0 Å². The number of carbonyl (C=O) groups is 1. The molecule has 2 N–H and O–H groups in total. The van der Waals surface area contributed by atoms with Crippen LogP contribution in [-0.4, -0.2) is 29.2 Å². The minimum atomic E-state index is -0.215. The number of anilines is 1. The third-order valence-electron chi connectivity index (χ3n) is 3.45. The number of nitrogens with zero attached hydrogens (tertiary/aromatic N) is 3. The first-order valence-corrected chi connectivity index (χ1v) is 5.92. The van der Waals surface area contributed by atoms with Gasteiger partial charge in [-0.15, -0.1) is 5.10 Å². The van der Waals surface area contributed by atoms with Crippen LogP contribution < -0.4 is 10.6 Å². The molecular formula is C12H18N4O. The van der Waals surface area contributed by atoms with Gasteiger partial charge in [0.05, 0.1) is 12.1 Å². The number of primary amides is 1. The number of hydrogen-bond donors (Lipinski definition) is 1. The zero-order valence-electron chi connectivity index (χ0n) is 10.3. The van der Waals surface area contributed by atoms with Crippen LogP contribution in [-0.2, 0) is 4.79 Å². The van der Waals surface area contributed by atoms with E-state index in [1.54, 1.807) is 6.20 Å². The fourth-order valence-corrected chi connectivity index (χ4v) is 2.22. The molecule has 1 atom stereocenters. The first-order chi connectivity index (χ1) is 8.09. The second-order valence-corrected chi connectivity index (χ2v) is 4.66. The predicted octanol–water partition coefficient (Wildman–Crippen LogP) is 0.795. The third kappa shape index (κ3) is 2.38. The highest BCUT2D eigenvalue weighted by Crippen LogP contribution is 2.24. The molecule has 1 aliphatic rings. The molecule has 5 heteroatoms. The average Bonchev–Trinajstić information content (AvgIpc) is 2.33. The van der Waals surface area contributed by atoms with Crippen LogP contribution in [0.5, 0.6) is 0 Å². The van der Waals surface area contributed by atoms with Crippen LogP contribution in [0, 0.1) is 19.8 Å². The van der Waals surface area contributed by atoms with E-state index in [9.17, 15) is 4.79 Å². The maximum Gasteiger partial charge on any atom is 0.222 e. The summed E-state index contributed by atoms with van der Waals surface area (Å²) in [5.41, 5.74) is 7.63. The summed E-state index contributed by atoms with van der Waals surface area (Å²) in [6.07, 6.45) is 3.61. The number of piperidine rings is 1. The monoisotopic (exact) mass is 234 g/mol. The van der Waals surface area contributed by atoms with E-state index in [1.807, 2.05) is 13.8 Å². The maximum absolute atomic E-state index is 11.2. The summed E-state index contributed by atoms with van der Waals surface area (Å²) in [5, 5.41) is 8.16. The normalized spacial score (nSPS) is 20.4. The van der Waals surface area contributed by atoms with E-state index in [2.05, 4.69) is 15.1 Å². The topological polar surface area (TPSA) is 72.1 Å². The molecule has 0 radical (unpaired) electrons. The Hall–Kier alpha value is -1.65. The van der Waals surface area contributed by atoms with Gasteiger partial charge >= 0.3 is 0 Å². The molecule has 1 aliphatic heterocycles. The minimum absolute atomic E-state index is 0.0644. The SMILES string of the molecule is Cc1cnnc(N2CCCC(C(N)=O)C2)c1C. The summed E-state index contributed by atoms with van der Waals surface area (Å²) in [7, 11) is 0. The van der Waals surface area contributed by atoms with Gasteiger partial charge in [-0.05, 0) is 37.8 Å². The Morgan fingerprint density at radius 3 is 3.00 bits per heavy atom. The van der Waals surface area contributed by atoms with E-state index >= 15 is 0 Å². The van der Waals surface area contributed by atoms with Crippen LogP contribution in [0.15, 0.2) is 6.20 Å². The van der Waals surface area contributed by atoms with E-state index in [4.69, 9.17) is 5.73 Å². The molecule has 1 fully saturated rings. The summed E-state index contributed by atoms with van der Waals surface area (Å²) in [4.78, 5) is 13.4. The zero-order valence-corrected chi connectivity index (χ0v) is 10.3. The first-order valence-electron chi connectivity index (χ1n) is 5.92. The third-order valence-corrected chi connectivity index (χ3v) is 3.45. The fraction of sp³-hybridized carbons (Fsp3) is 0.583. The Labute approximate surface area is 101 Å². The van der Waals surface area contributed by atoms with Gasteiger partial charge in [0.25, 0.3) is 0 Å². The highest BCUT2D eigenvalue weighted by molar-refractivity contribution is 5.77. The van der Waals surface area contributed by atoms with Gasteiger partial charge in [-0.25, -0.2) is 0 Å². The molecule has 1 unspecified atom stereocenters. The molecule has 5 nitrogen and oxygen atoms in total. The molecule has 1 amide bonds. The smallest absolute Gasteiger partial charge is 0.222 e. The Kier molecular flexibility index (Phi) is 3.26. The molecule has 0 aromatic carbocycles. The minimum Gasteiger partial charge on any atom is -0.369 e. The number of amides is 1. The van der Waals surface area contributed by atoms with E-state index in [-0.39, 0.29) is 11.8 Å². The molecule has 17 heavy (non-hydrogen) atoms. The van der Waals surface area contributed by atoms with Crippen LogP contribution in [0.1, 0.15) is 24.0 Å². The molecular weight excluding hydrogens is 216 g/mol. The van der Waals surface area contributed by atoms with Gasteiger partial charge in [-0.1, -0.05) is 0 Å². The van der Waals surface area contributed by atoms with E-state index in [1.165, 1.54) is 0 Å². The lowest BCUT2D eigenvalue weighted by Crippen LogP contribution is -2.42. The standard InChI is InChI=1S/C12H18N4O/c1-8-6-14-15-12(9(8)2)16-5-3-4-10(7-16)11(13)17/h6,10H,3-5,7H2,1-2H3,(H2,13,17). The van der Waals surface area contributed by atoms with Crippen molar-refractivity contribution in [3.05, 3.63) is 17.3 Å². The van der Waals surface area contributed by atoms with Gasteiger partial charge in [0.2, 0.25) is 5.91 Å². The summed E-state index contributed by atoms with van der Waals surface area (Å²) >= 11 is 0. The van der Waals surface area contributed by atoms with E-state index in [0.717, 1.165) is 36.3 Å². The van der Waals surface area contributed by atoms with Crippen molar-refractivity contribution in [3.8, 4) is 0 Å². The molecule has 1 aromatic rings. The molecule has 1 saturated heterocycles. The number of nitrogens with two attached hydrogens (primary N) is 1. The number of rotatable bonds is 2. The van der Waals surface area contributed by atoms with Crippen LogP contribution in [0.2, 0.25) is 0 Å². The molecule has 92 valence electrons. The Morgan fingerprint density at radius 2 is 2.29 bits per heavy atom. The first kappa shape index (κ1) is 11.8. The van der Waals surface area contributed by atoms with Crippen LogP contribution in [0.25, 0.3) is 0 Å². The van der Waals surface area contributed by atoms with Gasteiger partial charge in [0, 0.05) is 13.1 Å². The lowest BCUT2D eigenvalue weighted by molar-refractivity contribution is -0.122. The molecule has 0 spiro atoms. The van der Waals surface area contributed by atoms with Gasteiger partial charge in [-0.2, -0.15) is 5.10 Å². The molecule has 0 bridgehead atoms. The maximum atomic E-state index is 11.2. The Bertz CT molecular complexity index is 433. The average molecular weight is 234 g/mol. The van der Waals surface area contributed by atoms with Crippen molar-refractivity contribution in [2.24, 2.45) is 11.7 Å². The number of aryl methyl sites for hydroxylation is 1. The number of hydrogen-bond acceptors (Lipinski definition) is 4. The zero-order chi connectivity index (χ0) is 12.4.